The zero-order valence-electron chi connectivity index (χ0n) is 17.3. The minimum absolute atomic E-state index is 0.107. The van der Waals surface area contributed by atoms with Crippen LogP contribution in [-0.4, -0.2) is 16.8 Å². The summed E-state index contributed by atoms with van der Waals surface area (Å²) >= 11 is 8.38. The molecule has 0 radical (unpaired) electrons. The highest BCUT2D eigenvalue weighted by Crippen LogP contribution is 2.37. The lowest BCUT2D eigenvalue weighted by molar-refractivity contribution is -0.113. The molecule has 1 heterocycles. The predicted octanol–water partition coefficient (Wildman–Crippen LogP) is 6.04. The van der Waals surface area contributed by atoms with E-state index in [1.54, 1.807) is 11.3 Å². The number of thiophene rings is 1. The number of fused-ring (bicyclic) bond motifs is 1. The van der Waals surface area contributed by atoms with Gasteiger partial charge >= 0.3 is 0 Å². The maximum atomic E-state index is 12.6. The molecule has 4 rings (SSSR count). The summed E-state index contributed by atoms with van der Waals surface area (Å²) in [5.74, 6) is 0.161. The number of thioether (sulfide) groups is 1. The van der Waals surface area contributed by atoms with Crippen LogP contribution in [0.15, 0.2) is 59.5 Å². The molecule has 0 atom stereocenters. The molecule has 0 fully saturated rings. The molecule has 32 heavy (non-hydrogen) atoms. The maximum Gasteiger partial charge on any atom is 0.235 e. The third-order valence-electron chi connectivity index (χ3n) is 5.03. The number of nitriles is 1. The standard InChI is InChI=1S/C24H22N4OS3/c25-14-20-19-11-4-5-12-21(19)32-23(20)28-22(29)15-31-18-10-6-9-17(13-18)27-24(30)26-16-7-2-1-3-8-16/h1-3,6-10,13H,4-5,11-12,15H2,(H,28,29)(H2,26,27,30). The molecule has 0 unspecified atom stereocenters. The van der Waals surface area contributed by atoms with E-state index in [2.05, 4.69) is 22.0 Å². The fourth-order valence-electron chi connectivity index (χ4n) is 3.56. The number of carbonyl (C=O) groups is 1. The molecule has 3 N–H and O–H groups in total. The molecule has 1 aliphatic rings. The number of nitrogens with zero attached hydrogens (tertiary/aromatic N) is 1. The SMILES string of the molecule is N#Cc1c(NC(=O)CSc2cccc(NC(=S)Nc3ccccc3)c2)sc2c1CCCC2. The van der Waals surface area contributed by atoms with E-state index < -0.39 is 0 Å². The van der Waals surface area contributed by atoms with Crippen molar-refractivity contribution in [1.29, 1.82) is 5.26 Å². The van der Waals surface area contributed by atoms with E-state index in [1.165, 1.54) is 16.6 Å². The van der Waals surface area contributed by atoms with Crippen LogP contribution in [0.25, 0.3) is 0 Å². The Balaban J connectivity index is 1.32. The van der Waals surface area contributed by atoms with Crippen LogP contribution in [0.2, 0.25) is 0 Å². The lowest BCUT2D eigenvalue weighted by Gasteiger charge is -2.11. The molecule has 0 aliphatic heterocycles. The van der Waals surface area contributed by atoms with Gasteiger partial charge in [0.05, 0.1) is 11.3 Å². The fourth-order valence-corrected chi connectivity index (χ4v) is 5.81. The van der Waals surface area contributed by atoms with Crippen molar-refractivity contribution in [3.05, 3.63) is 70.6 Å². The van der Waals surface area contributed by atoms with Crippen LogP contribution in [0, 0.1) is 11.3 Å². The first kappa shape index (κ1) is 22.3. The summed E-state index contributed by atoms with van der Waals surface area (Å²) in [6, 6.07) is 19.8. The summed E-state index contributed by atoms with van der Waals surface area (Å²) in [6.07, 6.45) is 4.19. The van der Waals surface area contributed by atoms with Crippen molar-refractivity contribution in [3.8, 4) is 6.07 Å². The van der Waals surface area contributed by atoms with E-state index in [0.717, 1.165) is 47.5 Å². The Labute approximate surface area is 201 Å². The van der Waals surface area contributed by atoms with E-state index in [9.17, 15) is 10.1 Å². The van der Waals surface area contributed by atoms with Gasteiger partial charge in [0, 0.05) is 21.1 Å². The minimum Gasteiger partial charge on any atom is -0.332 e. The lowest BCUT2D eigenvalue weighted by atomic mass is 9.96. The molecule has 0 saturated heterocycles. The van der Waals surface area contributed by atoms with Gasteiger partial charge in [-0.1, -0.05) is 24.3 Å². The summed E-state index contributed by atoms with van der Waals surface area (Å²) in [5.41, 5.74) is 3.54. The Morgan fingerprint density at radius 1 is 1.03 bits per heavy atom. The molecule has 1 aliphatic carbocycles. The molecule has 0 spiro atoms. The Morgan fingerprint density at radius 2 is 1.78 bits per heavy atom. The summed E-state index contributed by atoms with van der Waals surface area (Å²) in [4.78, 5) is 14.8. The molecule has 162 valence electrons. The average molecular weight is 479 g/mol. The topological polar surface area (TPSA) is 77.0 Å². The second-order valence-corrected chi connectivity index (χ2v) is 9.90. The number of amides is 1. The Hall–Kier alpha value is -2.86. The van der Waals surface area contributed by atoms with Crippen molar-refractivity contribution in [2.75, 3.05) is 21.7 Å². The van der Waals surface area contributed by atoms with Gasteiger partial charge in [-0.05, 0) is 73.8 Å². The van der Waals surface area contributed by atoms with Crippen LogP contribution in [0.4, 0.5) is 16.4 Å². The zero-order valence-corrected chi connectivity index (χ0v) is 19.8. The number of benzene rings is 2. The van der Waals surface area contributed by atoms with Crippen LogP contribution in [0.3, 0.4) is 0 Å². The normalized spacial score (nSPS) is 12.3. The van der Waals surface area contributed by atoms with Crippen LogP contribution < -0.4 is 16.0 Å². The number of nitrogens with one attached hydrogen (secondary N) is 3. The Bertz CT molecular complexity index is 1170. The molecule has 1 amide bonds. The molecule has 1 aromatic heterocycles. The van der Waals surface area contributed by atoms with E-state index in [1.807, 2.05) is 54.6 Å². The molecular weight excluding hydrogens is 456 g/mol. The van der Waals surface area contributed by atoms with Crippen LogP contribution in [-0.2, 0) is 17.6 Å². The minimum atomic E-state index is -0.107. The molecule has 0 bridgehead atoms. The first-order chi connectivity index (χ1) is 15.6. The summed E-state index contributed by atoms with van der Waals surface area (Å²) in [5, 5.41) is 20.0. The summed E-state index contributed by atoms with van der Waals surface area (Å²) < 4.78 is 0. The fraction of sp³-hybridized carbons (Fsp3) is 0.208. The van der Waals surface area contributed by atoms with Gasteiger partial charge in [-0.3, -0.25) is 4.79 Å². The number of anilines is 3. The maximum absolute atomic E-state index is 12.6. The molecule has 0 saturated carbocycles. The predicted molar refractivity (Wildman–Crippen MR) is 138 cm³/mol. The summed E-state index contributed by atoms with van der Waals surface area (Å²) in [6.45, 7) is 0. The number of thiocarbonyl (C=S) groups is 1. The Kier molecular flexibility index (Phi) is 7.43. The highest BCUT2D eigenvalue weighted by atomic mass is 32.2. The van der Waals surface area contributed by atoms with Crippen molar-refractivity contribution in [2.45, 2.75) is 30.6 Å². The van der Waals surface area contributed by atoms with Gasteiger partial charge in [-0.2, -0.15) is 5.26 Å². The molecule has 3 aromatic rings. The lowest BCUT2D eigenvalue weighted by Crippen LogP contribution is -2.19. The number of para-hydroxylation sites is 1. The highest BCUT2D eigenvalue weighted by Gasteiger charge is 2.21. The summed E-state index contributed by atoms with van der Waals surface area (Å²) in [7, 11) is 0. The number of carbonyl (C=O) groups excluding carboxylic acids is 1. The quantitative estimate of drug-likeness (QED) is 0.296. The van der Waals surface area contributed by atoms with Gasteiger partial charge in [0.25, 0.3) is 0 Å². The molecule has 2 aromatic carbocycles. The number of hydrogen-bond donors (Lipinski definition) is 3. The zero-order chi connectivity index (χ0) is 22.3. The first-order valence-corrected chi connectivity index (χ1v) is 12.5. The van der Waals surface area contributed by atoms with Gasteiger partial charge in [-0.25, -0.2) is 0 Å². The van der Waals surface area contributed by atoms with Gasteiger partial charge < -0.3 is 16.0 Å². The van der Waals surface area contributed by atoms with Crippen LogP contribution in [0.5, 0.6) is 0 Å². The third-order valence-corrected chi connectivity index (χ3v) is 7.43. The van der Waals surface area contributed by atoms with Gasteiger partial charge in [-0.15, -0.1) is 23.1 Å². The van der Waals surface area contributed by atoms with Crippen molar-refractivity contribution in [1.82, 2.24) is 0 Å². The highest BCUT2D eigenvalue weighted by molar-refractivity contribution is 8.00. The van der Waals surface area contributed by atoms with Gasteiger partial charge in [0.15, 0.2) is 5.11 Å². The smallest absolute Gasteiger partial charge is 0.235 e. The third kappa shape index (κ3) is 5.68. The largest absolute Gasteiger partial charge is 0.332 e. The van der Waals surface area contributed by atoms with Crippen LogP contribution in [0.1, 0.15) is 28.8 Å². The number of hydrogen-bond acceptors (Lipinski definition) is 5. The molecule has 5 nitrogen and oxygen atoms in total. The molecule has 8 heteroatoms. The first-order valence-electron chi connectivity index (χ1n) is 10.3. The second-order valence-electron chi connectivity index (χ2n) is 7.34. The van der Waals surface area contributed by atoms with Gasteiger partial charge in [0.2, 0.25) is 5.91 Å². The van der Waals surface area contributed by atoms with Crippen molar-refractivity contribution in [2.24, 2.45) is 0 Å². The average Bonchev–Trinajstić information content (AvgIpc) is 3.15. The number of aryl methyl sites for hydroxylation is 1. The van der Waals surface area contributed by atoms with Crippen molar-refractivity contribution < 1.29 is 4.79 Å². The van der Waals surface area contributed by atoms with Crippen molar-refractivity contribution in [3.63, 3.8) is 0 Å². The second kappa shape index (κ2) is 10.6. The van der Waals surface area contributed by atoms with Crippen LogP contribution >= 0.6 is 35.3 Å². The monoisotopic (exact) mass is 478 g/mol. The Morgan fingerprint density at radius 3 is 2.59 bits per heavy atom. The number of rotatable bonds is 6. The van der Waals surface area contributed by atoms with E-state index in [-0.39, 0.29) is 11.7 Å². The van der Waals surface area contributed by atoms with Gasteiger partial charge in [0.1, 0.15) is 11.1 Å². The van der Waals surface area contributed by atoms with E-state index in [4.69, 9.17) is 12.2 Å². The van der Waals surface area contributed by atoms with E-state index in [0.29, 0.717) is 15.7 Å². The van der Waals surface area contributed by atoms with Crippen molar-refractivity contribution >= 4 is 62.7 Å². The molecular formula is C24H22N4OS3. The van der Waals surface area contributed by atoms with E-state index >= 15 is 0 Å².